The van der Waals surface area contributed by atoms with Crippen LogP contribution in [0.1, 0.15) is 190 Å². The number of methoxy groups -OCH3 is 1. The molecular formula is C80H94O20. The fourth-order valence-electron chi connectivity index (χ4n) is 13.2. The molecule has 20 heteroatoms. The van der Waals surface area contributed by atoms with Crippen LogP contribution in [0.4, 0.5) is 0 Å². The molecule has 5 aromatic rings. The van der Waals surface area contributed by atoms with Crippen molar-refractivity contribution in [3.8, 4) is 28.7 Å². The summed E-state index contributed by atoms with van der Waals surface area (Å²) in [6, 6.07) is 28.3. The first-order valence-electron chi connectivity index (χ1n) is 34.7. The molecule has 100 heavy (non-hydrogen) atoms. The fourth-order valence-corrected chi connectivity index (χ4v) is 13.2. The van der Waals surface area contributed by atoms with Gasteiger partial charge in [0.2, 0.25) is 0 Å². The summed E-state index contributed by atoms with van der Waals surface area (Å²) < 4.78 is 80.9. The molecular weight excluding hydrogens is 1280 g/mol. The number of esters is 6. The molecule has 20 nitrogen and oxygen atoms in total. The van der Waals surface area contributed by atoms with Crippen molar-refractivity contribution in [1.29, 1.82) is 0 Å². The summed E-state index contributed by atoms with van der Waals surface area (Å²) in [7, 11) is 1.62. The minimum absolute atomic E-state index is 0.0611. The highest BCUT2D eigenvalue weighted by molar-refractivity contribution is 6.03. The Morgan fingerprint density at radius 2 is 0.660 bits per heavy atom. The zero-order valence-corrected chi connectivity index (χ0v) is 57.7. The van der Waals surface area contributed by atoms with Gasteiger partial charge in [0.1, 0.15) is 55.2 Å². The van der Waals surface area contributed by atoms with Gasteiger partial charge in [-0.15, -0.1) is 0 Å². The largest absolute Gasteiger partial charge is 0.499 e. The summed E-state index contributed by atoms with van der Waals surface area (Å²) in [5.74, 6) is -2.37. The van der Waals surface area contributed by atoms with Crippen LogP contribution in [-0.2, 0) is 52.8 Å². The molecule has 0 radical (unpaired) electrons. The highest BCUT2D eigenvalue weighted by atomic mass is 16.6. The fraction of sp³-hybridized carbons (Fsp3) is 0.450. The Morgan fingerprint density at radius 1 is 0.350 bits per heavy atom. The molecule has 4 aliphatic carbocycles. The standard InChI is InChI=1S/C80H94O20/c1-8-88-64-24-12-53(13-25-64)49-96-74(81)57-42-58(75(82)97-50-54-14-26-65(27-15-54)89-9-2)45-70(44-57)92-38-40-94-78(85)72-37-36-69(100-68-34-22-62(23-35-68)80(5,6)61-20-32-63(87-7)33-21-61)48-73(72)79(86)95-41-39-93-71-46-59(76(83)98-51-55-16-28-66(29-17-55)90-10-3)43-60(47-71)77(84)99-52-56-18-30-67(31-19-56)91-11-4/h8-11,20-23,32-37,42-48,53-56,64-67H,1-4,12-19,24-31,38-41,49-52H2,5-7H3. The maximum absolute atomic E-state index is 14.3. The minimum Gasteiger partial charge on any atom is -0.499 e. The lowest BCUT2D eigenvalue weighted by Crippen LogP contribution is -2.24. The molecule has 4 saturated carbocycles. The number of carbonyl (C=O) groups is 6. The third-order valence-electron chi connectivity index (χ3n) is 19.1. The topological polar surface area (TPSA) is 232 Å². The van der Waals surface area contributed by atoms with Gasteiger partial charge in [-0.05, 0) is 216 Å². The number of hydrogen-bond donors (Lipinski definition) is 0. The number of rotatable bonds is 35. The van der Waals surface area contributed by atoms with Crippen molar-refractivity contribution in [3.63, 3.8) is 0 Å². The Morgan fingerprint density at radius 3 is 0.980 bits per heavy atom. The SMILES string of the molecule is C=COC1CCC(COC(=O)c2cc(OCCOC(=O)c3ccc(Oc4ccc(C(C)(C)c5ccc(OC)cc5)cc4)cc3C(=O)OCCOc3cc(C(=O)OCC4CCC(OC=C)CC4)cc(C(=O)OCC4CCC(OC=C)CC4)c3)cc(C(=O)OCC3CCC(OC=C)CC3)c2)CC1. The normalized spacial score (nSPS) is 20.4. The van der Waals surface area contributed by atoms with Crippen molar-refractivity contribution in [2.75, 3.05) is 60.0 Å². The Bertz CT molecular complexity index is 3430. The van der Waals surface area contributed by atoms with E-state index in [1.807, 2.05) is 48.5 Å². The van der Waals surface area contributed by atoms with E-state index in [-0.39, 0.29) is 157 Å². The zero-order chi connectivity index (χ0) is 70.8. The molecule has 0 N–H and O–H groups in total. The summed E-state index contributed by atoms with van der Waals surface area (Å²) in [6.07, 6.45) is 18.9. The molecule has 0 aromatic heterocycles. The van der Waals surface area contributed by atoms with E-state index in [2.05, 4.69) is 40.2 Å². The Labute approximate surface area is 586 Å². The van der Waals surface area contributed by atoms with Crippen molar-refractivity contribution in [3.05, 3.63) is 199 Å². The van der Waals surface area contributed by atoms with Gasteiger partial charge in [-0.2, -0.15) is 0 Å². The van der Waals surface area contributed by atoms with Crippen LogP contribution in [0.2, 0.25) is 0 Å². The molecule has 534 valence electrons. The Balaban J connectivity index is 0.882. The van der Waals surface area contributed by atoms with Crippen LogP contribution in [0, 0.1) is 23.7 Å². The van der Waals surface area contributed by atoms with Crippen LogP contribution in [0.3, 0.4) is 0 Å². The van der Waals surface area contributed by atoms with Gasteiger partial charge >= 0.3 is 35.8 Å². The van der Waals surface area contributed by atoms with Crippen LogP contribution in [-0.4, -0.2) is 120 Å². The van der Waals surface area contributed by atoms with Gasteiger partial charge in [0.05, 0.1) is 116 Å². The average molecular weight is 1380 g/mol. The van der Waals surface area contributed by atoms with E-state index in [0.29, 0.717) is 5.75 Å². The molecule has 9 rings (SSSR count). The first kappa shape index (κ1) is 74.5. The van der Waals surface area contributed by atoms with Gasteiger partial charge in [-0.3, -0.25) is 0 Å². The van der Waals surface area contributed by atoms with Gasteiger partial charge in [-0.25, -0.2) is 28.8 Å². The zero-order valence-electron chi connectivity index (χ0n) is 57.7. The monoisotopic (exact) mass is 1370 g/mol. The molecule has 4 aliphatic rings. The van der Waals surface area contributed by atoms with Gasteiger partial charge in [0.15, 0.2) is 0 Å². The third kappa shape index (κ3) is 21.9. The Kier molecular flexibility index (Phi) is 27.9. The van der Waals surface area contributed by atoms with Crippen LogP contribution < -0.4 is 18.9 Å². The van der Waals surface area contributed by atoms with E-state index in [9.17, 15) is 28.8 Å². The first-order chi connectivity index (χ1) is 48.5. The van der Waals surface area contributed by atoms with Crippen molar-refractivity contribution in [2.24, 2.45) is 23.7 Å². The lowest BCUT2D eigenvalue weighted by atomic mass is 9.78. The van der Waals surface area contributed by atoms with Crippen molar-refractivity contribution in [1.82, 2.24) is 0 Å². The van der Waals surface area contributed by atoms with E-state index in [1.165, 1.54) is 79.6 Å². The number of benzene rings is 5. The van der Waals surface area contributed by atoms with Crippen LogP contribution in [0.25, 0.3) is 0 Å². The second kappa shape index (κ2) is 37.5. The lowest BCUT2D eigenvalue weighted by molar-refractivity contribution is 0.0297. The van der Waals surface area contributed by atoms with Crippen LogP contribution in [0.15, 0.2) is 154 Å². The van der Waals surface area contributed by atoms with Gasteiger partial charge < -0.3 is 66.3 Å². The maximum Gasteiger partial charge on any atom is 0.339 e. The molecule has 0 saturated heterocycles. The summed E-state index contributed by atoms with van der Waals surface area (Å²) in [5.41, 5.74) is 1.57. The second-order valence-corrected chi connectivity index (χ2v) is 26.3. The molecule has 0 atom stereocenters. The van der Waals surface area contributed by atoms with E-state index < -0.39 is 35.8 Å². The van der Waals surface area contributed by atoms with Crippen LogP contribution in [0.5, 0.6) is 28.7 Å². The number of ether oxygens (including phenoxy) is 14. The number of carbonyl (C=O) groups excluding carboxylic acids is 6. The van der Waals surface area contributed by atoms with Crippen molar-refractivity contribution < 1.29 is 95.1 Å². The highest BCUT2D eigenvalue weighted by Gasteiger charge is 2.30. The third-order valence-corrected chi connectivity index (χ3v) is 19.1. The summed E-state index contributed by atoms with van der Waals surface area (Å²) in [4.78, 5) is 83.4. The van der Waals surface area contributed by atoms with E-state index >= 15 is 0 Å². The van der Waals surface area contributed by atoms with Gasteiger partial charge in [0.25, 0.3) is 0 Å². The smallest absolute Gasteiger partial charge is 0.339 e. The Hall–Kier alpha value is -9.72. The average Bonchev–Trinajstić information content (AvgIpc) is 0.813. The first-order valence-corrected chi connectivity index (χ1v) is 34.7. The summed E-state index contributed by atoms with van der Waals surface area (Å²) in [5, 5.41) is 0. The highest BCUT2D eigenvalue weighted by Crippen LogP contribution is 2.36. The minimum atomic E-state index is -0.933. The van der Waals surface area contributed by atoms with Gasteiger partial charge in [0, 0.05) is 5.41 Å². The molecule has 0 spiro atoms. The predicted octanol–water partition coefficient (Wildman–Crippen LogP) is 15.8. The van der Waals surface area contributed by atoms with Crippen LogP contribution >= 0.6 is 0 Å². The lowest BCUT2D eigenvalue weighted by Gasteiger charge is -2.27. The van der Waals surface area contributed by atoms with Crippen molar-refractivity contribution in [2.45, 2.75) is 146 Å². The molecule has 0 unspecified atom stereocenters. The molecule has 5 aromatic carbocycles. The van der Waals surface area contributed by atoms with Gasteiger partial charge in [-0.1, -0.05) is 64.4 Å². The quantitative estimate of drug-likeness (QED) is 0.0159. The maximum atomic E-state index is 14.3. The molecule has 0 bridgehead atoms. The van der Waals surface area contributed by atoms with E-state index in [4.69, 9.17) is 66.3 Å². The van der Waals surface area contributed by atoms with E-state index in [1.54, 1.807) is 7.11 Å². The molecule has 0 aliphatic heterocycles. The predicted molar refractivity (Wildman–Crippen MR) is 372 cm³/mol. The summed E-state index contributed by atoms with van der Waals surface area (Å²) in [6.45, 7) is 18.4. The number of hydrogen-bond acceptors (Lipinski definition) is 20. The second-order valence-electron chi connectivity index (χ2n) is 26.3. The summed E-state index contributed by atoms with van der Waals surface area (Å²) >= 11 is 0. The molecule has 0 heterocycles. The van der Waals surface area contributed by atoms with E-state index in [0.717, 1.165) is 120 Å². The van der Waals surface area contributed by atoms with Crippen molar-refractivity contribution >= 4 is 35.8 Å². The molecule has 0 amide bonds. The molecule has 4 fully saturated rings.